The van der Waals surface area contributed by atoms with Crippen molar-refractivity contribution in [3.05, 3.63) is 70.2 Å². The zero-order valence-electron chi connectivity index (χ0n) is 13.3. The summed E-state index contributed by atoms with van der Waals surface area (Å²) < 4.78 is 0. The lowest BCUT2D eigenvalue weighted by Crippen LogP contribution is -2.22. The molecule has 2 aromatic rings. The highest BCUT2D eigenvalue weighted by Gasteiger charge is 2.05. The first-order valence-electron chi connectivity index (χ1n) is 7.88. The number of carbonyl (C=O) groups excluding carboxylic acids is 1. The maximum absolute atomic E-state index is 12.1. The van der Waals surface area contributed by atoms with E-state index in [4.69, 9.17) is 16.7 Å². The molecule has 1 amide bonds. The molecule has 2 aromatic carbocycles. The van der Waals surface area contributed by atoms with Crippen molar-refractivity contribution in [1.29, 1.82) is 0 Å². The Bertz CT molecular complexity index is 681. The van der Waals surface area contributed by atoms with Gasteiger partial charge in [0.1, 0.15) is 0 Å². The molecule has 0 saturated heterocycles. The second kappa shape index (κ2) is 9.08. The predicted octanol–water partition coefficient (Wildman–Crippen LogP) is 4.07. The molecular weight excluding hydrogens is 326 g/mol. The SMILES string of the molecule is O=C(O)CCCCc1ccc(C(=O)NCc2ccc(Cl)cc2)cc1. The Balaban J connectivity index is 1.80. The van der Waals surface area contributed by atoms with Gasteiger partial charge in [0.05, 0.1) is 0 Å². The summed E-state index contributed by atoms with van der Waals surface area (Å²) in [5.41, 5.74) is 2.70. The third-order valence-electron chi connectivity index (χ3n) is 3.69. The Morgan fingerprint density at radius 1 is 0.917 bits per heavy atom. The highest BCUT2D eigenvalue weighted by Crippen LogP contribution is 2.11. The molecule has 0 radical (unpaired) electrons. The average Bonchev–Trinajstić information content (AvgIpc) is 2.58. The third-order valence-corrected chi connectivity index (χ3v) is 3.94. The van der Waals surface area contributed by atoms with Gasteiger partial charge in [-0.25, -0.2) is 0 Å². The highest BCUT2D eigenvalue weighted by atomic mass is 35.5. The molecule has 0 fully saturated rings. The van der Waals surface area contributed by atoms with Crippen LogP contribution in [0.5, 0.6) is 0 Å². The number of aliphatic carboxylic acids is 1. The first-order chi connectivity index (χ1) is 11.5. The molecule has 0 heterocycles. The molecule has 0 aliphatic heterocycles. The summed E-state index contributed by atoms with van der Waals surface area (Å²) in [5, 5.41) is 12.1. The molecule has 0 bridgehead atoms. The van der Waals surface area contributed by atoms with Gasteiger partial charge in [0, 0.05) is 23.6 Å². The van der Waals surface area contributed by atoms with E-state index in [1.807, 2.05) is 24.3 Å². The molecule has 2 N–H and O–H groups in total. The van der Waals surface area contributed by atoms with Crippen molar-refractivity contribution in [3.8, 4) is 0 Å². The Labute approximate surface area is 146 Å². The van der Waals surface area contributed by atoms with Crippen LogP contribution in [0.3, 0.4) is 0 Å². The quantitative estimate of drug-likeness (QED) is 0.709. The van der Waals surface area contributed by atoms with E-state index >= 15 is 0 Å². The summed E-state index contributed by atoms with van der Waals surface area (Å²) in [7, 11) is 0. The number of hydrogen-bond acceptors (Lipinski definition) is 2. The smallest absolute Gasteiger partial charge is 0.303 e. The van der Waals surface area contributed by atoms with Crippen LogP contribution in [0.25, 0.3) is 0 Å². The van der Waals surface area contributed by atoms with Crippen molar-refractivity contribution < 1.29 is 14.7 Å². The molecule has 4 nitrogen and oxygen atoms in total. The first kappa shape index (κ1) is 18.0. The molecule has 2 rings (SSSR count). The molecular formula is C19H20ClNO3. The minimum atomic E-state index is -0.761. The van der Waals surface area contributed by atoms with E-state index in [-0.39, 0.29) is 12.3 Å². The molecule has 0 atom stereocenters. The van der Waals surface area contributed by atoms with E-state index in [0.29, 0.717) is 23.6 Å². The number of amides is 1. The Morgan fingerprint density at radius 3 is 2.17 bits per heavy atom. The van der Waals surface area contributed by atoms with Gasteiger partial charge >= 0.3 is 5.97 Å². The van der Waals surface area contributed by atoms with Gasteiger partial charge in [0.2, 0.25) is 0 Å². The molecule has 0 aliphatic carbocycles. The van der Waals surface area contributed by atoms with Crippen LogP contribution in [-0.4, -0.2) is 17.0 Å². The van der Waals surface area contributed by atoms with Crippen LogP contribution in [-0.2, 0) is 17.8 Å². The van der Waals surface area contributed by atoms with E-state index in [0.717, 1.165) is 24.0 Å². The van der Waals surface area contributed by atoms with Crippen molar-refractivity contribution in [3.63, 3.8) is 0 Å². The number of nitrogens with one attached hydrogen (secondary N) is 1. The van der Waals surface area contributed by atoms with Crippen molar-refractivity contribution >= 4 is 23.5 Å². The third kappa shape index (κ3) is 6.05. The van der Waals surface area contributed by atoms with Gasteiger partial charge in [0.25, 0.3) is 5.91 Å². The molecule has 0 saturated carbocycles. The number of aryl methyl sites for hydroxylation is 1. The minimum absolute atomic E-state index is 0.123. The Morgan fingerprint density at radius 2 is 1.54 bits per heavy atom. The monoisotopic (exact) mass is 345 g/mol. The number of rotatable bonds is 8. The zero-order chi connectivity index (χ0) is 17.4. The average molecular weight is 346 g/mol. The van der Waals surface area contributed by atoms with Crippen LogP contribution in [0.15, 0.2) is 48.5 Å². The lowest BCUT2D eigenvalue weighted by molar-refractivity contribution is -0.137. The van der Waals surface area contributed by atoms with E-state index in [9.17, 15) is 9.59 Å². The normalized spacial score (nSPS) is 10.4. The van der Waals surface area contributed by atoms with Gasteiger partial charge in [-0.3, -0.25) is 9.59 Å². The van der Waals surface area contributed by atoms with Crippen molar-refractivity contribution in [1.82, 2.24) is 5.32 Å². The zero-order valence-corrected chi connectivity index (χ0v) is 14.1. The Hall–Kier alpha value is -2.33. The standard InChI is InChI=1S/C19H20ClNO3/c20-17-11-7-15(8-12-17)13-21-19(24)16-9-5-14(6-10-16)3-1-2-4-18(22)23/h5-12H,1-4,13H2,(H,21,24)(H,22,23). The lowest BCUT2D eigenvalue weighted by Gasteiger charge is -2.07. The van der Waals surface area contributed by atoms with Crippen LogP contribution >= 0.6 is 11.6 Å². The van der Waals surface area contributed by atoms with Gasteiger partial charge in [-0.2, -0.15) is 0 Å². The number of carbonyl (C=O) groups is 2. The van der Waals surface area contributed by atoms with Crippen LogP contribution in [0.4, 0.5) is 0 Å². The molecule has 0 spiro atoms. The fraction of sp³-hybridized carbons (Fsp3) is 0.263. The van der Waals surface area contributed by atoms with Gasteiger partial charge in [0.15, 0.2) is 0 Å². The second-order valence-electron chi connectivity index (χ2n) is 5.61. The number of carboxylic acids is 1. The molecule has 0 aromatic heterocycles. The largest absolute Gasteiger partial charge is 0.481 e. The second-order valence-corrected chi connectivity index (χ2v) is 6.04. The summed E-state index contributed by atoms with van der Waals surface area (Å²) in [6, 6.07) is 14.8. The summed E-state index contributed by atoms with van der Waals surface area (Å²) in [4.78, 5) is 22.6. The highest BCUT2D eigenvalue weighted by molar-refractivity contribution is 6.30. The van der Waals surface area contributed by atoms with Gasteiger partial charge in [-0.05, 0) is 54.7 Å². The maximum atomic E-state index is 12.1. The van der Waals surface area contributed by atoms with Gasteiger partial charge < -0.3 is 10.4 Å². The van der Waals surface area contributed by atoms with Crippen LogP contribution in [0.1, 0.15) is 40.7 Å². The van der Waals surface area contributed by atoms with Gasteiger partial charge in [-0.1, -0.05) is 35.9 Å². The lowest BCUT2D eigenvalue weighted by atomic mass is 10.0. The predicted molar refractivity (Wildman–Crippen MR) is 94.3 cm³/mol. The van der Waals surface area contributed by atoms with Crippen LogP contribution in [0, 0.1) is 0 Å². The van der Waals surface area contributed by atoms with Crippen LogP contribution in [0.2, 0.25) is 5.02 Å². The minimum Gasteiger partial charge on any atom is -0.481 e. The summed E-state index contributed by atoms with van der Waals surface area (Å²) in [5.74, 6) is -0.884. The summed E-state index contributed by atoms with van der Waals surface area (Å²) >= 11 is 5.83. The number of carboxylic acid groups (broad SMARTS) is 1. The van der Waals surface area contributed by atoms with Crippen molar-refractivity contribution in [2.75, 3.05) is 0 Å². The molecule has 126 valence electrons. The summed E-state index contributed by atoms with van der Waals surface area (Å²) in [6.45, 7) is 0.451. The molecule has 0 unspecified atom stereocenters. The van der Waals surface area contributed by atoms with Crippen molar-refractivity contribution in [2.45, 2.75) is 32.2 Å². The first-order valence-corrected chi connectivity index (χ1v) is 8.26. The molecule has 24 heavy (non-hydrogen) atoms. The Kier molecular flexibility index (Phi) is 6.82. The molecule has 5 heteroatoms. The number of halogens is 1. The fourth-order valence-electron chi connectivity index (χ4n) is 2.31. The fourth-order valence-corrected chi connectivity index (χ4v) is 2.44. The number of hydrogen-bond donors (Lipinski definition) is 2. The molecule has 0 aliphatic rings. The number of unbranched alkanes of at least 4 members (excludes halogenated alkanes) is 1. The van der Waals surface area contributed by atoms with E-state index in [1.165, 1.54) is 0 Å². The number of benzene rings is 2. The maximum Gasteiger partial charge on any atom is 0.303 e. The van der Waals surface area contributed by atoms with E-state index < -0.39 is 5.97 Å². The topological polar surface area (TPSA) is 66.4 Å². The van der Waals surface area contributed by atoms with E-state index in [2.05, 4.69) is 5.32 Å². The van der Waals surface area contributed by atoms with Gasteiger partial charge in [-0.15, -0.1) is 0 Å². The van der Waals surface area contributed by atoms with Crippen molar-refractivity contribution in [2.24, 2.45) is 0 Å². The van der Waals surface area contributed by atoms with E-state index in [1.54, 1.807) is 24.3 Å². The van der Waals surface area contributed by atoms with Crippen LogP contribution < -0.4 is 5.32 Å². The summed E-state index contributed by atoms with van der Waals surface area (Å²) in [6.07, 6.45) is 2.51.